The fraction of sp³-hybridized carbons (Fsp3) is 0.280. The lowest BCUT2D eigenvalue weighted by Gasteiger charge is -2.35. The van der Waals surface area contributed by atoms with Gasteiger partial charge in [-0.2, -0.15) is 0 Å². The summed E-state index contributed by atoms with van der Waals surface area (Å²) in [6.07, 6.45) is 0.0949. The fourth-order valence-electron chi connectivity index (χ4n) is 3.70. The Morgan fingerprint density at radius 1 is 1.09 bits per heavy atom. The number of carbonyl (C=O) groups is 4. The predicted octanol–water partition coefficient (Wildman–Crippen LogP) is 4.28. The number of urea groups is 1. The van der Waals surface area contributed by atoms with E-state index in [9.17, 15) is 19.2 Å². The highest BCUT2D eigenvalue weighted by Gasteiger charge is 2.37. The minimum Gasteiger partial charge on any atom is -0.481 e. The van der Waals surface area contributed by atoms with E-state index in [2.05, 4.69) is 27.9 Å². The molecule has 1 atom stereocenters. The Balaban J connectivity index is 1.97. The topological polar surface area (TPSA) is 122 Å². The second-order valence-corrected chi connectivity index (χ2v) is 8.93. The first-order chi connectivity index (χ1) is 16.7. The maximum atomic E-state index is 13.0. The Kier molecular flexibility index (Phi) is 8.85. The van der Waals surface area contributed by atoms with E-state index in [-0.39, 0.29) is 37.3 Å². The average Bonchev–Trinajstić information content (AvgIpc) is 2.81. The van der Waals surface area contributed by atoms with Gasteiger partial charge in [-0.1, -0.05) is 18.2 Å². The number of carboxylic acid groups (broad SMARTS) is 1. The fourth-order valence-corrected chi connectivity index (χ4v) is 4.06. The van der Waals surface area contributed by atoms with Crippen LogP contribution in [-0.4, -0.2) is 47.1 Å². The third-order valence-corrected chi connectivity index (χ3v) is 6.10. The maximum absolute atomic E-state index is 13.0. The Bertz CT molecular complexity index is 1160. The normalized spacial score (nSPS) is 15.5. The summed E-state index contributed by atoms with van der Waals surface area (Å²) >= 11 is 2.14. The first-order valence-electron chi connectivity index (χ1n) is 11.0. The van der Waals surface area contributed by atoms with Gasteiger partial charge in [-0.15, -0.1) is 0 Å². The van der Waals surface area contributed by atoms with Crippen molar-refractivity contribution in [1.82, 2.24) is 10.2 Å². The number of hydrogen-bond acceptors (Lipinski definition) is 6. The average molecular weight is 592 g/mol. The predicted molar refractivity (Wildman–Crippen MR) is 135 cm³/mol. The molecule has 1 unspecified atom stereocenters. The van der Waals surface area contributed by atoms with Gasteiger partial charge < -0.3 is 19.9 Å². The molecule has 10 heteroatoms. The summed E-state index contributed by atoms with van der Waals surface area (Å²) in [7, 11) is 0. The molecule has 2 aromatic carbocycles. The number of para-hydroxylation sites is 1. The Morgan fingerprint density at radius 2 is 1.77 bits per heavy atom. The Hall–Kier alpha value is -3.41. The van der Waals surface area contributed by atoms with E-state index in [1.54, 1.807) is 62.4 Å². The lowest BCUT2D eigenvalue weighted by atomic mass is 9.94. The molecule has 2 amide bonds. The summed E-state index contributed by atoms with van der Waals surface area (Å²) in [5.74, 6) is -1.99. The maximum Gasteiger partial charge on any atom is 0.343 e. The summed E-state index contributed by atoms with van der Waals surface area (Å²) in [5.41, 5.74) is 1.29. The van der Waals surface area contributed by atoms with Crippen molar-refractivity contribution in [3.8, 4) is 5.75 Å². The van der Waals surface area contributed by atoms with E-state index in [1.165, 1.54) is 4.90 Å². The summed E-state index contributed by atoms with van der Waals surface area (Å²) in [6, 6.07) is 12.1. The lowest BCUT2D eigenvalue weighted by Crippen LogP contribution is -2.48. The highest BCUT2D eigenvalue weighted by molar-refractivity contribution is 14.1. The molecular formula is C25H25IN2O7. The molecule has 0 aromatic heterocycles. The minimum absolute atomic E-state index is 0.114. The largest absolute Gasteiger partial charge is 0.481 e. The van der Waals surface area contributed by atoms with Gasteiger partial charge in [0.15, 0.2) is 0 Å². The third kappa shape index (κ3) is 6.38. The van der Waals surface area contributed by atoms with Crippen LogP contribution in [0.2, 0.25) is 0 Å². The number of carboxylic acids is 1. The van der Waals surface area contributed by atoms with Crippen LogP contribution in [0, 0.1) is 3.57 Å². The van der Waals surface area contributed by atoms with E-state index in [4.69, 9.17) is 14.6 Å². The van der Waals surface area contributed by atoms with Gasteiger partial charge in [-0.25, -0.2) is 14.4 Å². The molecule has 2 aromatic rings. The molecule has 0 radical (unpaired) electrons. The van der Waals surface area contributed by atoms with Crippen LogP contribution < -0.4 is 10.1 Å². The van der Waals surface area contributed by atoms with Crippen LogP contribution in [0.25, 0.3) is 0 Å². The number of halogens is 1. The SMILES string of the molecule is CCOC(=O)C1=C(C)N(CCCC(=O)O)C(=O)NC1c1ccccc1OC(=O)c1ccc(I)cc1. The van der Waals surface area contributed by atoms with Gasteiger partial charge >= 0.3 is 23.9 Å². The van der Waals surface area contributed by atoms with Crippen LogP contribution in [0.5, 0.6) is 5.75 Å². The second-order valence-electron chi connectivity index (χ2n) is 7.69. The van der Waals surface area contributed by atoms with Crippen LogP contribution in [0.15, 0.2) is 59.8 Å². The molecular weight excluding hydrogens is 567 g/mol. The van der Waals surface area contributed by atoms with Crippen LogP contribution in [0.3, 0.4) is 0 Å². The molecule has 35 heavy (non-hydrogen) atoms. The van der Waals surface area contributed by atoms with Gasteiger partial charge in [0.2, 0.25) is 0 Å². The molecule has 3 rings (SSSR count). The van der Waals surface area contributed by atoms with Gasteiger partial charge in [-0.05, 0) is 73.2 Å². The monoisotopic (exact) mass is 592 g/mol. The summed E-state index contributed by atoms with van der Waals surface area (Å²) in [6.45, 7) is 3.52. The van der Waals surface area contributed by atoms with Gasteiger partial charge in [0.25, 0.3) is 0 Å². The van der Waals surface area contributed by atoms with E-state index >= 15 is 0 Å². The quantitative estimate of drug-likeness (QED) is 0.253. The number of nitrogens with zero attached hydrogens (tertiary/aromatic N) is 1. The number of aliphatic carboxylic acids is 1. The van der Waals surface area contributed by atoms with E-state index in [1.807, 2.05) is 0 Å². The molecule has 0 bridgehead atoms. The number of nitrogens with one attached hydrogen (secondary N) is 1. The smallest absolute Gasteiger partial charge is 0.343 e. The second kappa shape index (κ2) is 11.8. The number of allylic oxidation sites excluding steroid dienone is 1. The van der Waals surface area contributed by atoms with Crippen molar-refractivity contribution in [2.24, 2.45) is 0 Å². The van der Waals surface area contributed by atoms with Crippen LogP contribution >= 0.6 is 22.6 Å². The van der Waals surface area contributed by atoms with Gasteiger partial charge in [0.05, 0.1) is 23.8 Å². The summed E-state index contributed by atoms with van der Waals surface area (Å²) < 4.78 is 11.9. The highest BCUT2D eigenvalue weighted by atomic mass is 127. The lowest BCUT2D eigenvalue weighted by molar-refractivity contribution is -0.139. The van der Waals surface area contributed by atoms with Crippen molar-refractivity contribution < 1.29 is 33.8 Å². The molecule has 0 saturated carbocycles. The number of hydrogen-bond donors (Lipinski definition) is 2. The molecule has 2 N–H and O–H groups in total. The molecule has 184 valence electrons. The van der Waals surface area contributed by atoms with Crippen molar-refractivity contribution in [3.05, 3.63) is 74.5 Å². The number of carbonyl (C=O) groups excluding carboxylic acids is 3. The number of rotatable bonds is 9. The minimum atomic E-state index is -0.976. The first kappa shape index (κ1) is 26.2. The molecule has 0 saturated heterocycles. The third-order valence-electron chi connectivity index (χ3n) is 5.38. The molecule has 0 fully saturated rings. The molecule has 1 heterocycles. The highest BCUT2D eigenvalue weighted by Crippen LogP contribution is 2.36. The molecule has 1 aliphatic rings. The van der Waals surface area contributed by atoms with E-state index in [0.717, 1.165) is 3.57 Å². The summed E-state index contributed by atoms with van der Waals surface area (Å²) in [4.78, 5) is 50.9. The number of amides is 2. The van der Waals surface area contributed by atoms with Crippen molar-refractivity contribution in [2.45, 2.75) is 32.7 Å². The van der Waals surface area contributed by atoms with Crippen LogP contribution in [0.4, 0.5) is 4.79 Å². The summed E-state index contributed by atoms with van der Waals surface area (Å²) in [5, 5.41) is 11.7. The molecule has 1 aliphatic heterocycles. The zero-order chi connectivity index (χ0) is 25.5. The Morgan fingerprint density at radius 3 is 2.43 bits per heavy atom. The van der Waals surface area contributed by atoms with Gasteiger partial charge in [-0.3, -0.25) is 9.69 Å². The Labute approximate surface area is 216 Å². The van der Waals surface area contributed by atoms with E-state index in [0.29, 0.717) is 16.8 Å². The van der Waals surface area contributed by atoms with Crippen molar-refractivity contribution in [3.63, 3.8) is 0 Å². The molecule has 0 aliphatic carbocycles. The first-order valence-corrected chi connectivity index (χ1v) is 12.0. The molecule has 0 spiro atoms. The molecule has 9 nitrogen and oxygen atoms in total. The van der Waals surface area contributed by atoms with Gasteiger partial charge in [0, 0.05) is 27.8 Å². The van der Waals surface area contributed by atoms with Crippen molar-refractivity contribution >= 4 is 46.5 Å². The van der Waals surface area contributed by atoms with Crippen molar-refractivity contribution in [2.75, 3.05) is 13.2 Å². The number of esters is 2. The van der Waals surface area contributed by atoms with Crippen LogP contribution in [0.1, 0.15) is 48.7 Å². The van der Waals surface area contributed by atoms with Gasteiger partial charge in [0.1, 0.15) is 5.75 Å². The zero-order valence-corrected chi connectivity index (χ0v) is 21.4. The number of ether oxygens (including phenoxy) is 2. The zero-order valence-electron chi connectivity index (χ0n) is 19.2. The number of benzene rings is 2. The van der Waals surface area contributed by atoms with E-state index < -0.39 is 30.0 Å². The van der Waals surface area contributed by atoms with Crippen molar-refractivity contribution in [1.29, 1.82) is 0 Å². The standard InChI is InChI=1S/C25H25IN2O7/c1-3-34-24(32)21-15(2)28(14-6-9-20(29)30)25(33)27-22(21)18-7-4-5-8-19(18)35-23(31)16-10-12-17(26)13-11-16/h4-5,7-8,10-13,22H,3,6,9,14H2,1-2H3,(H,27,33)(H,29,30). The van der Waals surface area contributed by atoms with Crippen LogP contribution in [-0.2, 0) is 14.3 Å².